The van der Waals surface area contributed by atoms with Gasteiger partial charge in [0.1, 0.15) is 23.0 Å². The van der Waals surface area contributed by atoms with E-state index in [1.54, 1.807) is 46.8 Å². The van der Waals surface area contributed by atoms with Crippen LogP contribution in [0.5, 0.6) is 5.75 Å². The highest BCUT2D eigenvalue weighted by Gasteiger charge is 2.25. The maximum Gasteiger partial charge on any atom is 0.408 e. The lowest BCUT2D eigenvalue weighted by Crippen LogP contribution is -2.44. The second-order valence-electron chi connectivity index (χ2n) is 9.25. The minimum atomic E-state index is -0.882. The van der Waals surface area contributed by atoms with Crippen LogP contribution in [0.3, 0.4) is 0 Å². The van der Waals surface area contributed by atoms with Gasteiger partial charge in [0.05, 0.1) is 0 Å². The van der Waals surface area contributed by atoms with Crippen molar-refractivity contribution in [3.63, 3.8) is 0 Å². The van der Waals surface area contributed by atoms with E-state index in [2.05, 4.69) is 5.32 Å². The molecule has 0 saturated heterocycles. The quantitative estimate of drug-likeness (QED) is 0.305. The Morgan fingerprint density at radius 2 is 1.71 bits per heavy atom. The predicted octanol–water partition coefficient (Wildman–Crippen LogP) is 5.21. The fraction of sp³-hybridized carbons (Fsp3) is 0.370. The molecule has 1 heterocycles. The maximum atomic E-state index is 12.8. The van der Waals surface area contributed by atoms with Gasteiger partial charge < -0.3 is 19.2 Å². The van der Waals surface area contributed by atoms with Crippen molar-refractivity contribution in [2.75, 3.05) is 0 Å². The summed E-state index contributed by atoms with van der Waals surface area (Å²) < 4.78 is 16.5. The number of fused-ring (bicyclic) bond motifs is 1. The highest BCUT2D eigenvalue weighted by Crippen LogP contribution is 2.30. The van der Waals surface area contributed by atoms with Crippen molar-refractivity contribution in [2.24, 2.45) is 0 Å². The van der Waals surface area contributed by atoms with E-state index in [9.17, 15) is 14.4 Å². The Bertz CT molecular complexity index is 1250. The zero-order chi connectivity index (χ0) is 25.0. The molecule has 180 valence electrons. The topological polar surface area (TPSA) is 94.8 Å². The molecule has 2 aromatic carbocycles. The van der Waals surface area contributed by atoms with E-state index in [-0.39, 0.29) is 5.75 Å². The largest absolute Gasteiger partial charge is 0.444 e. The number of esters is 1. The van der Waals surface area contributed by atoms with Crippen molar-refractivity contribution in [3.05, 3.63) is 75.1 Å². The smallest absolute Gasteiger partial charge is 0.408 e. The number of hydrogen-bond acceptors (Lipinski definition) is 6. The van der Waals surface area contributed by atoms with E-state index in [1.165, 1.54) is 0 Å². The molecule has 0 radical (unpaired) electrons. The van der Waals surface area contributed by atoms with Crippen LogP contribution in [0, 0.1) is 13.8 Å². The van der Waals surface area contributed by atoms with Crippen molar-refractivity contribution in [3.8, 4) is 5.75 Å². The van der Waals surface area contributed by atoms with Gasteiger partial charge in [-0.3, -0.25) is 0 Å². The molecule has 0 aliphatic rings. The second kappa shape index (κ2) is 10.1. The van der Waals surface area contributed by atoms with Crippen LogP contribution in [0.1, 0.15) is 56.4 Å². The number of ether oxygens (including phenoxy) is 2. The highest BCUT2D eigenvalue weighted by molar-refractivity contribution is 5.88. The highest BCUT2D eigenvalue weighted by atomic mass is 16.6. The first-order chi connectivity index (χ1) is 16.0. The van der Waals surface area contributed by atoms with E-state index in [1.807, 2.05) is 37.3 Å². The third kappa shape index (κ3) is 5.84. The maximum absolute atomic E-state index is 12.8. The van der Waals surface area contributed by atoms with Gasteiger partial charge in [0, 0.05) is 22.9 Å². The molecular weight excluding hydrogens is 434 g/mol. The first kappa shape index (κ1) is 25.0. The van der Waals surface area contributed by atoms with Crippen molar-refractivity contribution in [1.82, 2.24) is 5.32 Å². The molecule has 1 atom stereocenters. The molecule has 1 aromatic heterocycles. The van der Waals surface area contributed by atoms with Crippen LogP contribution in [-0.4, -0.2) is 23.7 Å². The summed E-state index contributed by atoms with van der Waals surface area (Å²) in [6.07, 6.45) is 0.0934. The average molecular weight is 466 g/mol. The summed E-state index contributed by atoms with van der Waals surface area (Å²) in [4.78, 5) is 37.6. The lowest BCUT2D eigenvalue weighted by atomic mass is 9.98. The molecule has 0 unspecified atom stereocenters. The number of rotatable bonds is 6. The Labute approximate surface area is 199 Å². The Morgan fingerprint density at radius 3 is 2.32 bits per heavy atom. The molecule has 3 aromatic rings. The van der Waals surface area contributed by atoms with Crippen LogP contribution < -0.4 is 15.7 Å². The lowest BCUT2D eigenvalue weighted by Gasteiger charge is -2.22. The van der Waals surface area contributed by atoms with Crippen molar-refractivity contribution in [2.45, 2.75) is 66.0 Å². The number of hydrogen-bond donors (Lipinski definition) is 1. The summed E-state index contributed by atoms with van der Waals surface area (Å²) in [5.74, 6) is -0.365. The molecular formula is C27H31NO6. The van der Waals surface area contributed by atoms with Gasteiger partial charge in [-0.25, -0.2) is 14.4 Å². The summed E-state index contributed by atoms with van der Waals surface area (Å²) in [7, 11) is 0. The number of nitrogens with one attached hydrogen (secondary N) is 1. The van der Waals surface area contributed by atoms with E-state index in [4.69, 9.17) is 13.9 Å². The van der Waals surface area contributed by atoms with Crippen molar-refractivity contribution < 1.29 is 23.5 Å². The molecule has 34 heavy (non-hydrogen) atoms. The van der Waals surface area contributed by atoms with E-state index in [0.717, 1.165) is 16.5 Å². The van der Waals surface area contributed by atoms with E-state index in [0.29, 0.717) is 29.6 Å². The monoisotopic (exact) mass is 465 g/mol. The average Bonchev–Trinajstić information content (AvgIpc) is 2.76. The van der Waals surface area contributed by atoms with Crippen LogP contribution >= 0.6 is 0 Å². The summed E-state index contributed by atoms with van der Waals surface area (Å²) in [5.41, 5.74) is 2.24. The van der Waals surface area contributed by atoms with Crippen LogP contribution in [-0.2, 0) is 16.0 Å². The van der Waals surface area contributed by atoms with E-state index >= 15 is 0 Å². The van der Waals surface area contributed by atoms with Crippen LogP contribution in [0.2, 0.25) is 0 Å². The van der Waals surface area contributed by atoms with E-state index < -0.39 is 29.3 Å². The fourth-order valence-electron chi connectivity index (χ4n) is 3.64. The lowest BCUT2D eigenvalue weighted by molar-refractivity contribution is -0.136. The number of alkyl carbamates (subject to hydrolysis) is 1. The Hall–Kier alpha value is -3.61. The zero-order valence-electron chi connectivity index (χ0n) is 20.5. The Morgan fingerprint density at radius 1 is 1.03 bits per heavy atom. The number of carbonyl (C=O) groups is 2. The molecule has 7 heteroatoms. The minimum absolute atomic E-state index is 0.264. The normalized spacial score (nSPS) is 12.3. The molecule has 0 aliphatic heterocycles. The van der Waals surface area contributed by atoms with Crippen LogP contribution in [0.4, 0.5) is 4.79 Å². The number of carbonyl (C=O) groups excluding carboxylic acids is 2. The first-order valence-electron chi connectivity index (χ1n) is 11.3. The SMILES string of the molecule is CC[C@@H](NC(=O)OC(C)(C)C)C(=O)Oc1ccc2c(C)c(Cc3ccccc3)c(=O)oc2c1C. The second-order valence-corrected chi connectivity index (χ2v) is 9.25. The molecule has 7 nitrogen and oxygen atoms in total. The van der Waals surface area contributed by atoms with Gasteiger partial charge in [-0.2, -0.15) is 0 Å². The molecule has 0 bridgehead atoms. The van der Waals surface area contributed by atoms with Gasteiger partial charge in [0.25, 0.3) is 0 Å². The molecule has 3 rings (SSSR count). The fourth-order valence-corrected chi connectivity index (χ4v) is 3.64. The molecule has 0 spiro atoms. The predicted molar refractivity (Wildman–Crippen MR) is 130 cm³/mol. The minimum Gasteiger partial charge on any atom is -0.444 e. The standard InChI is InChI=1S/C27H31NO6/c1-7-21(28-26(31)34-27(4,5)6)25(30)32-22-14-13-19-16(2)20(15-18-11-9-8-10-12-18)24(29)33-23(19)17(22)3/h8-14,21H,7,15H2,1-6H3,(H,28,31)/t21-/m1/s1. The summed E-state index contributed by atoms with van der Waals surface area (Å²) in [5, 5.41) is 3.32. The molecule has 1 N–H and O–H groups in total. The molecule has 0 fully saturated rings. The third-order valence-electron chi connectivity index (χ3n) is 5.47. The first-order valence-corrected chi connectivity index (χ1v) is 11.3. The van der Waals surface area contributed by atoms with Gasteiger partial charge in [0.15, 0.2) is 0 Å². The van der Waals surface area contributed by atoms with Crippen LogP contribution in [0.15, 0.2) is 51.7 Å². The van der Waals surface area contributed by atoms with Gasteiger partial charge in [-0.05, 0) is 64.3 Å². The Kier molecular flexibility index (Phi) is 7.44. The van der Waals surface area contributed by atoms with Gasteiger partial charge in [-0.15, -0.1) is 0 Å². The zero-order valence-corrected chi connectivity index (χ0v) is 20.5. The number of amides is 1. The van der Waals surface area contributed by atoms with Gasteiger partial charge in [-0.1, -0.05) is 37.3 Å². The van der Waals surface area contributed by atoms with Gasteiger partial charge in [0.2, 0.25) is 0 Å². The van der Waals surface area contributed by atoms with Crippen LogP contribution in [0.25, 0.3) is 11.0 Å². The molecule has 0 aliphatic carbocycles. The molecule has 0 saturated carbocycles. The summed E-state index contributed by atoms with van der Waals surface area (Å²) in [6, 6.07) is 12.3. The number of benzene rings is 2. The molecule has 1 amide bonds. The summed E-state index contributed by atoms with van der Waals surface area (Å²) in [6.45, 7) is 10.6. The number of aryl methyl sites for hydroxylation is 2. The summed E-state index contributed by atoms with van der Waals surface area (Å²) >= 11 is 0. The Balaban J connectivity index is 1.86. The van der Waals surface area contributed by atoms with Crippen molar-refractivity contribution in [1.29, 1.82) is 0 Å². The van der Waals surface area contributed by atoms with Crippen molar-refractivity contribution >= 4 is 23.0 Å². The third-order valence-corrected chi connectivity index (χ3v) is 5.47. The van der Waals surface area contributed by atoms with Gasteiger partial charge >= 0.3 is 17.7 Å².